The summed E-state index contributed by atoms with van der Waals surface area (Å²) in [5.74, 6) is 0. The molecule has 8 heteroatoms. The van der Waals surface area contributed by atoms with Gasteiger partial charge < -0.3 is 22.0 Å². The van der Waals surface area contributed by atoms with Gasteiger partial charge in [0.15, 0.2) is 0 Å². The van der Waals surface area contributed by atoms with Crippen molar-refractivity contribution < 1.29 is 109 Å². The Morgan fingerprint density at radius 1 is 1.00 bits per heavy atom. The van der Waals surface area contributed by atoms with Crippen LogP contribution in [0.25, 0.3) is 0 Å². The Bertz CT molecular complexity index is 38.7. The summed E-state index contributed by atoms with van der Waals surface area (Å²) in [5.41, 5.74) is 0. The van der Waals surface area contributed by atoms with Crippen LogP contribution < -0.4 is 70.2 Å². The van der Waals surface area contributed by atoms with Crippen LogP contribution in [0, 0.1) is 0 Å². The molecule has 4 N–H and O–H groups in total. The maximum atomic E-state index is 7.33. The van der Waals surface area contributed by atoms with Crippen LogP contribution in [-0.4, -0.2) is 28.2 Å². The van der Waals surface area contributed by atoms with Gasteiger partial charge in [-0.2, -0.15) is 0 Å². The minimum atomic E-state index is -4.61. The molecule has 0 spiro atoms. The molecule has 4 nitrogen and oxygen atoms in total. The summed E-state index contributed by atoms with van der Waals surface area (Å²) in [6, 6.07) is 0. The third-order valence-corrected chi connectivity index (χ3v) is 0. The van der Waals surface area contributed by atoms with Gasteiger partial charge in [0.1, 0.15) is 0 Å². The van der Waals surface area contributed by atoms with Gasteiger partial charge >= 0.3 is 79.3 Å². The molecule has 8 heavy (non-hydrogen) atoms. The minimum Gasteiger partial charge on any atom is -1.00 e. The molecule has 0 aromatic rings. The zero-order chi connectivity index (χ0) is 4.50. The molecule has 0 saturated carbocycles. The van der Waals surface area contributed by atoms with Crippen molar-refractivity contribution in [2.45, 2.75) is 0 Å². The Hall–Kier alpha value is 2.81. The monoisotopic (exact) mass is 199 g/mol. The molecule has 0 rings (SSSR count). The largest absolute Gasteiger partial charge is 1.00 e. The minimum absolute atomic E-state index is 0. The van der Waals surface area contributed by atoms with Crippen LogP contribution in [0.15, 0.2) is 0 Å². The molecule has 0 unspecified atom stereocenters. The third-order valence-electron chi connectivity index (χ3n) is 0. The molecule has 0 saturated heterocycles. The van der Waals surface area contributed by atoms with Gasteiger partial charge in [0.05, 0.1) is 0 Å². The van der Waals surface area contributed by atoms with Crippen LogP contribution in [0.5, 0.6) is 0 Å². The molecule has 0 heterocycles. The summed E-state index contributed by atoms with van der Waals surface area (Å²) < 4.78 is 0. The molecule has 0 bridgehead atoms. The Morgan fingerprint density at radius 3 is 1.00 bits per heavy atom. The van der Waals surface area contributed by atoms with Crippen molar-refractivity contribution in [1.29, 1.82) is 0 Å². The molecule has 0 atom stereocenters. The summed E-state index contributed by atoms with van der Waals surface area (Å²) in [6.45, 7) is 0. The average molecular weight is 199 g/mol. The van der Waals surface area contributed by atoms with Gasteiger partial charge in [-0.3, -0.25) is 0 Å². The molecule has 0 aliphatic rings. The maximum Gasteiger partial charge on any atom is 1.00 e. The SMILES string of the molecule is O[Si](O)(O)O.[H-].[H-].[K+].[Li+].[Mn]. The number of hydrogen-bond acceptors (Lipinski definition) is 4. The Labute approximate surface area is 116 Å². The van der Waals surface area contributed by atoms with E-state index in [2.05, 4.69) is 0 Å². The van der Waals surface area contributed by atoms with Gasteiger partial charge in [-0.1, -0.05) is 0 Å². The Kier molecular flexibility index (Phi) is 27.5. The van der Waals surface area contributed by atoms with Crippen molar-refractivity contribution in [3.05, 3.63) is 0 Å². The van der Waals surface area contributed by atoms with Crippen LogP contribution >= 0.6 is 0 Å². The van der Waals surface area contributed by atoms with E-state index in [9.17, 15) is 0 Å². The molecule has 0 fully saturated rings. The second-order valence-electron chi connectivity index (χ2n) is 0.600. The van der Waals surface area contributed by atoms with Crippen LogP contribution in [0.3, 0.4) is 0 Å². The molecule has 0 aliphatic heterocycles. The predicted octanol–water partition coefficient (Wildman–Crippen LogP) is -8.38. The maximum absolute atomic E-state index is 7.33. The average Bonchev–Trinajstić information content (AvgIpc) is 0.722. The summed E-state index contributed by atoms with van der Waals surface area (Å²) in [6.07, 6.45) is 0. The van der Waals surface area contributed by atoms with Gasteiger partial charge in [-0.25, -0.2) is 0 Å². The van der Waals surface area contributed by atoms with E-state index in [0.717, 1.165) is 0 Å². The van der Waals surface area contributed by atoms with E-state index in [-0.39, 0.29) is 90.2 Å². The van der Waals surface area contributed by atoms with Crippen molar-refractivity contribution in [3.63, 3.8) is 0 Å². The van der Waals surface area contributed by atoms with Crippen molar-refractivity contribution >= 4 is 9.05 Å². The first kappa shape index (κ1) is 22.4. The van der Waals surface area contributed by atoms with E-state index in [1.807, 2.05) is 0 Å². The van der Waals surface area contributed by atoms with Gasteiger partial charge in [-0.15, -0.1) is 0 Å². The first-order chi connectivity index (χ1) is 2.00. The normalized spacial score (nSPS) is 7.50. The van der Waals surface area contributed by atoms with E-state index < -0.39 is 9.05 Å². The standard InChI is InChI=1S/K.Li.Mn.H4O4Si.2H/c;;;1-5(2,3)4;;/h;;;1-4H;;/q2*+1;;;2*-1. The summed E-state index contributed by atoms with van der Waals surface area (Å²) in [7, 11) is -4.61. The molecule has 0 amide bonds. The zero-order valence-corrected chi connectivity index (χ0v) is 9.97. The Morgan fingerprint density at radius 2 is 1.00 bits per heavy atom. The van der Waals surface area contributed by atoms with Gasteiger partial charge in [0.2, 0.25) is 0 Å². The summed E-state index contributed by atoms with van der Waals surface area (Å²) in [4.78, 5) is 29.3. The van der Waals surface area contributed by atoms with Crippen LogP contribution in [0.1, 0.15) is 2.85 Å². The summed E-state index contributed by atoms with van der Waals surface area (Å²) in [5, 5.41) is 0. The second-order valence-corrected chi connectivity index (χ2v) is 1.80. The molecular weight excluding hydrogens is 193 g/mol. The van der Waals surface area contributed by atoms with Crippen molar-refractivity contribution in [3.8, 4) is 0 Å². The predicted molar refractivity (Wildman–Crippen MR) is 16.9 cm³/mol. The molecule has 43 valence electrons. The van der Waals surface area contributed by atoms with Crippen molar-refractivity contribution in [1.82, 2.24) is 0 Å². The fraction of sp³-hybridized carbons (Fsp3) is 0. The van der Waals surface area contributed by atoms with E-state index in [4.69, 9.17) is 19.2 Å². The number of rotatable bonds is 0. The van der Waals surface area contributed by atoms with Crippen molar-refractivity contribution in [2.24, 2.45) is 0 Å². The second kappa shape index (κ2) is 9.81. The fourth-order valence-electron chi connectivity index (χ4n) is 0. The van der Waals surface area contributed by atoms with E-state index in [0.29, 0.717) is 0 Å². The first-order valence-electron chi connectivity index (χ1n) is 0.894. The van der Waals surface area contributed by atoms with Gasteiger partial charge in [0, 0.05) is 17.1 Å². The first-order valence-corrected chi connectivity index (χ1v) is 2.68. The molecule has 0 aromatic carbocycles. The van der Waals surface area contributed by atoms with Gasteiger partial charge in [0.25, 0.3) is 0 Å². The van der Waals surface area contributed by atoms with Crippen LogP contribution in [0.2, 0.25) is 0 Å². The van der Waals surface area contributed by atoms with E-state index in [1.165, 1.54) is 0 Å². The quantitative estimate of drug-likeness (QED) is 0.292. The summed E-state index contributed by atoms with van der Waals surface area (Å²) >= 11 is 0. The topological polar surface area (TPSA) is 80.9 Å². The van der Waals surface area contributed by atoms with Crippen LogP contribution in [0.4, 0.5) is 0 Å². The molecule has 1 radical (unpaired) electrons. The van der Waals surface area contributed by atoms with Crippen LogP contribution in [-0.2, 0) is 17.1 Å². The number of hydrogen-bond donors (Lipinski definition) is 4. The zero-order valence-electron chi connectivity index (χ0n) is 6.67. The molecular formula is H6KLiMnO4Si. The molecule has 0 aliphatic carbocycles. The molecule has 0 aromatic heterocycles. The third kappa shape index (κ3) is 68.1. The fourth-order valence-corrected chi connectivity index (χ4v) is 0. The Balaban J connectivity index is -0.00000000800. The smallest absolute Gasteiger partial charge is 1.00 e. The van der Waals surface area contributed by atoms with E-state index in [1.54, 1.807) is 0 Å². The van der Waals surface area contributed by atoms with Gasteiger partial charge in [-0.05, 0) is 0 Å². The van der Waals surface area contributed by atoms with Crippen molar-refractivity contribution in [2.75, 3.05) is 0 Å². The van der Waals surface area contributed by atoms with E-state index >= 15 is 0 Å².